The number of hydrogen-bond donors (Lipinski definition) is 1. The van der Waals surface area contributed by atoms with Crippen LogP contribution in [-0.2, 0) is 9.59 Å². The van der Waals surface area contributed by atoms with Crippen LogP contribution in [0.1, 0.15) is 26.7 Å². The van der Waals surface area contributed by atoms with E-state index in [1.165, 1.54) is 4.90 Å². The number of hydrogen-bond acceptors (Lipinski definition) is 3. The summed E-state index contributed by atoms with van der Waals surface area (Å²) in [6.07, 6.45) is 1.38. The topological polar surface area (TPSA) is 60.9 Å². The second kappa shape index (κ2) is 5.84. The molecule has 1 aliphatic heterocycles. The molecule has 1 heterocycles. The van der Waals surface area contributed by atoms with Gasteiger partial charge in [0.05, 0.1) is 6.54 Å². The van der Waals surface area contributed by atoms with E-state index in [1.54, 1.807) is 0 Å². The third-order valence-corrected chi connectivity index (χ3v) is 3.11. The molecule has 0 spiro atoms. The molecule has 5 heteroatoms. The van der Waals surface area contributed by atoms with E-state index in [1.807, 2.05) is 18.7 Å². The lowest BCUT2D eigenvalue weighted by Crippen LogP contribution is -2.45. The van der Waals surface area contributed by atoms with Crippen molar-refractivity contribution in [2.45, 2.75) is 32.7 Å². The summed E-state index contributed by atoms with van der Waals surface area (Å²) in [6.45, 7) is 6.53. The molecule has 0 unspecified atom stereocenters. The van der Waals surface area contributed by atoms with E-state index in [0.717, 1.165) is 19.5 Å². The largest absolute Gasteiger partial charge is 0.480 e. The molecule has 0 aromatic heterocycles. The number of likely N-dealkylation sites (N-methyl/N-ethyl adjacent to an activating group) is 1. The minimum Gasteiger partial charge on any atom is -0.480 e. The quantitative estimate of drug-likeness (QED) is 0.740. The number of amides is 1. The molecule has 0 saturated carbocycles. The highest BCUT2D eigenvalue weighted by Crippen LogP contribution is 2.17. The van der Waals surface area contributed by atoms with Gasteiger partial charge in [0.15, 0.2) is 0 Å². The standard InChI is InChI=1S/C11H20N2O3/c1-3-12(4-2)8-10(14)13-7-5-6-9(13)11(15)16/h9H,3-8H2,1-2H3,(H,15,16)/t9-/m0/s1. The Hall–Kier alpha value is -1.10. The van der Waals surface area contributed by atoms with Gasteiger partial charge in [-0.15, -0.1) is 0 Å². The van der Waals surface area contributed by atoms with Gasteiger partial charge in [0.1, 0.15) is 6.04 Å². The van der Waals surface area contributed by atoms with E-state index in [0.29, 0.717) is 19.5 Å². The van der Waals surface area contributed by atoms with E-state index in [9.17, 15) is 9.59 Å². The first-order valence-corrected chi connectivity index (χ1v) is 5.84. The van der Waals surface area contributed by atoms with Crippen molar-refractivity contribution in [2.24, 2.45) is 0 Å². The highest BCUT2D eigenvalue weighted by Gasteiger charge is 2.33. The Balaban J connectivity index is 2.56. The Labute approximate surface area is 96.0 Å². The summed E-state index contributed by atoms with van der Waals surface area (Å²) in [6, 6.07) is -0.608. The molecule has 1 atom stereocenters. The van der Waals surface area contributed by atoms with E-state index in [4.69, 9.17) is 5.11 Å². The van der Waals surface area contributed by atoms with Crippen LogP contribution in [0.4, 0.5) is 0 Å². The first-order valence-electron chi connectivity index (χ1n) is 5.84. The number of likely N-dealkylation sites (tertiary alicyclic amines) is 1. The van der Waals surface area contributed by atoms with Crippen molar-refractivity contribution < 1.29 is 14.7 Å². The predicted octanol–water partition coefficient (Wildman–Crippen LogP) is 0.404. The van der Waals surface area contributed by atoms with Crippen LogP contribution in [0.5, 0.6) is 0 Å². The lowest BCUT2D eigenvalue weighted by molar-refractivity contribution is -0.148. The van der Waals surface area contributed by atoms with Gasteiger partial charge in [0.2, 0.25) is 5.91 Å². The van der Waals surface area contributed by atoms with Crippen molar-refractivity contribution in [3.05, 3.63) is 0 Å². The molecule has 1 fully saturated rings. The predicted molar refractivity (Wildman–Crippen MR) is 60.2 cm³/mol. The third-order valence-electron chi connectivity index (χ3n) is 3.11. The highest BCUT2D eigenvalue weighted by atomic mass is 16.4. The van der Waals surface area contributed by atoms with Crippen LogP contribution in [0.3, 0.4) is 0 Å². The lowest BCUT2D eigenvalue weighted by Gasteiger charge is -2.25. The molecular formula is C11H20N2O3. The van der Waals surface area contributed by atoms with E-state index >= 15 is 0 Å². The second-order valence-electron chi connectivity index (χ2n) is 4.04. The van der Waals surface area contributed by atoms with Gasteiger partial charge < -0.3 is 10.0 Å². The number of carboxylic acids is 1. The monoisotopic (exact) mass is 228 g/mol. The van der Waals surface area contributed by atoms with Gasteiger partial charge in [-0.3, -0.25) is 9.69 Å². The Kier molecular flexibility index (Phi) is 4.73. The van der Waals surface area contributed by atoms with Crippen molar-refractivity contribution in [3.8, 4) is 0 Å². The minimum absolute atomic E-state index is 0.0615. The third kappa shape index (κ3) is 2.95. The number of aliphatic carboxylic acids is 1. The Morgan fingerprint density at radius 3 is 2.50 bits per heavy atom. The summed E-state index contributed by atoms with van der Waals surface area (Å²) in [7, 11) is 0. The Morgan fingerprint density at radius 2 is 2.00 bits per heavy atom. The summed E-state index contributed by atoms with van der Waals surface area (Å²) >= 11 is 0. The first-order chi connectivity index (χ1) is 7.60. The van der Waals surface area contributed by atoms with Gasteiger partial charge in [-0.05, 0) is 25.9 Å². The fraction of sp³-hybridized carbons (Fsp3) is 0.818. The summed E-state index contributed by atoms with van der Waals surface area (Å²) in [5.74, 6) is -0.945. The van der Waals surface area contributed by atoms with Crippen molar-refractivity contribution in [1.29, 1.82) is 0 Å². The lowest BCUT2D eigenvalue weighted by atomic mass is 10.2. The molecule has 0 aliphatic carbocycles. The van der Waals surface area contributed by atoms with Crippen LogP contribution in [-0.4, -0.2) is 59.0 Å². The molecule has 0 aromatic carbocycles. The zero-order valence-corrected chi connectivity index (χ0v) is 9.98. The summed E-state index contributed by atoms with van der Waals surface area (Å²) in [5, 5.41) is 8.97. The molecular weight excluding hydrogens is 208 g/mol. The van der Waals surface area contributed by atoms with E-state index in [-0.39, 0.29) is 5.91 Å². The Morgan fingerprint density at radius 1 is 1.38 bits per heavy atom. The zero-order valence-electron chi connectivity index (χ0n) is 9.98. The van der Waals surface area contributed by atoms with Crippen LogP contribution in [0.15, 0.2) is 0 Å². The number of rotatable bonds is 5. The smallest absolute Gasteiger partial charge is 0.326 e. The molecule has 0 aromatic rings. The average Bonchev–Trinajstić information content (AvgIpc) is 2.74. The molecule has 5 nitrogen and oxygen atoms in total. The van der Waals surface area contributed by atoms with Crippen LogP contribution in [0, 0.1) is 0 Å². The molecule has 0 bridgehead atoms. The average molecular weight is 228 g/mol. The minimum atomic E-state index is -0.884. The number of carbonyl (C=O) groups is 2. The first kappa shape index (κ1) is 13.0. The van der Waals surface area contributed by atoms with E-state index in [2.05, 4.69) is 0 Å². The maximum Gasteiger partial charge on any atom is 0.326 e. The fourth-order valence-electron chi connectivity index (χ4n) is 2.05. The summed E-state index contributed by atoms with van der Waals surface area (Å²) in [4.78, 5) is 26.3. The Bertz CT molecular complexity index is 264. The summed E-state index contributed by atoms with van der Waals surface area (Å²) in [5.41, 5.74) is 0. The molecule has 1 N–H and O–H groups in total. The maximum atomic E-state index is 11.9. The van der Waals surface area contributed by atoms with Gasteiger partial charge in [0.25, 0.3) is 0 Å². The molecule has 0 radical (unpaired) electrons. The van der Waals surface area contributed by atoms with Gasteiger partial charge in [-0.2, -0.15) is 0 Å². The SMILES string of the molecule is CCN(CC)CC(=O)N1CCC[C@H]1C(=O)O. The van der Waals surface area contributed by atoms with Crippen LogP contribution in [0.25, 0.3) is 0 Å². The number of carboxylic acid groups (broad SMARTS) is 1. The van der Waals surface area contributed by atoms with Gasteiger partial charge >= 0.3 is 5.97 Å². The van der Waals surface area contributed by atoms with Crippen molar-refractivity contribution >= 4 is 11.9 Å². The van der Waals surface area contributed by atoms with Gasteiger partial charge in [-0.1, -0.05) is 13.8 Å². The van der Waals surface area contributed by atoms with Crippen LogP contribution < -0.4 is 0 Å². The molecule has 1 saturated heterocycles. The van der Waals surface area contributed by atoms with Crippen LogP contribution in [0.2, 0.25) is 0 Å². The molecule has 92 valence electrons. The molecule has 16 heavy (non-hydrogen) atoms. The molecule has 1 aliphatic rings. The van der Waals surface area contributed by atoms with Gasteiger partial charge in [0, 0.05) is 6.54 Å². The second-order valence-corrected chi connectivity index (χ2v) is 4.04. The highest BCUT2D eigenvalue weighted by molar-refractivity contribution is 5.85. The molecule has 1 amide bonds. The van der Waals surface area contributed by atoms with Crippen molar-refractivity contribution in [2.75, 3.05) is 26.2 Å². The number of carbonyl (C=O) groups excluding carboxylic acids is 1. The summed E-state index contributed by atoms with van der Waals surface area (Å²) < 4.78 is 0. The van der Waals surface area contributed by atoms with E-state index < -0.39 is 12.0 Å². The van der Waals surface area contributed by atoms with Crippen LogP contribution >= 0.6 is 0 Å². The van der Waals surface area contributed by atoms with Crippen molar-refractivity contribution in [3.63, 3.8) is 0 Å². The number of nitrogens with zero attached hydrogens (tertiary/aromatic N) is 2. The maximum absolute atomic E-state index is 11.9. The van der Waals surface area contributed by atoms with Gasteiger partial charge in [-0.25, -0.2) is 4.79 Å². The normalized spacial score (nSPS) is 20.4. The zero-order chi connectivity index (χ0) is 12.1. The molecule has 1 rings (SSSR count). The fourth-order valence-corrected chi connectivity index (χ4v) is 2.05. The van der Waals surface area contributed by atoms with Crippen molar-refractivity contribution in [1.82, 2.24) is 9.80 Å².